The molecule has 1 aromatic carbocycles. The van der Waals surface area contributed by atoms with Crippen LogP contribution in [0.2, 0.25) is 0 Å². The highest BCUT2D eigenvalue weighted by Gasteiger charge is 2.36. The van der Waals surface area contributed by atoms with E-state index in [-0.39, 0.29) is 24.2 Å². The molecular formula is C17H25N3O2. The van der Waals surface area contributed by atoms with E-state index in [9.17, 15) is 9.59 Å². The molecule has 1 aliphatic rings. The van der Waals surface area contributed by atoms with Crippen molar-refractivity contribution in [1.82, 2.24) is 10.3 Å². The Morgan fingerprint density at radius 1 is 1.32 bits per heavy atom. The number of nitrogens with zero attached hydrogens (tertiary/aromatic N) is 2. The summed E-state index contributed by atoms with van der Waals surface area (Å²) in [6.45, 7) is 3.28. The zero-order valence-electron chi connectivity index (χ0n) is 13.4. The molecule has 1 aliphatic heterocycles. The number of hydrogen-bond donors (Lipinski definition) is 1. The highest BCUT2D eigenvalue weighted by molar-refractivity contribution is 5.90. The summed E-state index contributed by atoms with van der Waals surface area (Å²) >= 11 is 0. The lowest BCUT2D eigenvalue weighted by Crippen LogP contribution is -2.42. The largest absolute Gasteiger partial charge is 0.356 e. The molecule has 5 heteroatoms. The van der Waals surface area contributed by atoms with E-state index >= 15 is 0 Å². The summed E-state index contributed by atoms with van der Waals surface area (Å²) in [6.07, 6.45) is 3.54. The van der Waals surface area contributed by atoms with Crippen LogP contribution < -0.4 is 10.3 Å². The number of benzene rings is 1. The maximum absolute atomic E-state index is 12.2. The Morgan fingerprint density at radius 3 is 2.73 bits per heavy atom. The first-order chi connectivity index (χ1) is 10.6. The van der Waals surface area contributed by atoms with E-state index in [2.05, 4.69) is 12.2 Å². The third-order valence-corrected chi connectivity index (χ3v) is 4.04. The van der Waals surface area contributed by atoms with Gasteiger partial charge in [0.25, 0.3) is 0 Å². The van der Waals surface area contributed by atoms with Crippen LogP contribution in [-0.2, 0) is 9.59 Å². The van der Waals surface area contributed by atoms with E-state index in [1.165, 1.54) is 0 Å². The second kappa shape index (κ2) is 7.82. The second-order valence-electron chi connectivity index (χ2n) is 5.73. The molecule has 1 unspecified atom stereocenters. The molecule has 0 aromatic heterocycles. The quantitative estimate of drug-likeness (QED) is 0.786. The van der Waals surface area contributed by atoms with Crippen molar-refractivity contribution in [3.05, 3.63) is 30.3 Å². The molecule has 22 heavy (non-hydrogen) atoms. The number of carbonyl (C=O) groups excluding carboxylic acids is 2. The molecule has 1 heterocycles. The van der Waals surface area contributed by atoms with Crippen LogP contribution in [0.3, 0.4) is 0 Å². The molecular weight excluding hydrogens is 278 g/mol. The molecule has 0 saturated carbocycles. The smallest absolute Gasteiger partial charge is 0.241 e. The Balaban J connectivity index is 1.89. The van der Waals surface area contributed by atoms with Crippen LogP contribution in [0.5, 0.6) is 0 Å². The van der Waals surface area contributed by atoms with Crippen LogP contribution in [0, 0.1) is 5.92 Å². The van der Waals surface area contributed by atoms with E-state index in [1.807, 2.05) is 42.4 Å². The Hall–Kier alpha value is -2.04. The standard InChI is InChI=1S/C17H25N3O2/c1-3-4-8-11-18-17(22)14-12-16(21)20(13-14)19(2)15-9-6-5-7-10-15/h5-7,9-10,14H,3-4,8,11-13H2,1-2H3,(H,18,22). The molecule has 120 valence electrons. The fourth-order valence-electron chi connectivity index (χ4n) is 2.67. The van der Waals surface area contributed by atoms with E-state index in [0.717, 1.165) is 24.9 Å². The first kappa shape index (κ1) is 16.3. The van der Waals surface area contributed by atoms with Crippen LogP contribution in [0.25, 0.3) is 0 Å². The third kappa shape index (κ3) is 4.00. The summed E-state index contributed by atoms with van der Waals surface area (Å²) in [4.78, 5) is 24.3. The summed E-state index contributed by atoms with van der Waals surface area (Å²) in [5, 5.41) is 6.43. The Morgan fingerprint density at radius 2 is 2.05 bits per heavy atom. The zero-order valence-corrected chi connectivity index (χ0v) is 13.4. The fraction of sp³-hybridized carbons (Fsp3) is 0.529. The van der Waals surface area contributed by atoms with E-state index in [4.69, 9.17) is 0 Å². The topological polar surface area (TPSA) is 52.7 Å². The SMILES string of the molecule is CCCCCNC(=O)C1CC(=O)N(N(C)c2ccccc2)C1. The van der Waals surface area contributed by atoms with Crippen LogP contribution in [-0.4, -0.2) is 37.0 Å². The number of nitrogens with one attached hydrogen (secondary N) is 1. The maximum atomic E-state index is 12.2. The second-order valence-corrected chi connectivity index (χ2v) is 5.73. The van der Waals surface area contributed by atoms with Gasteiger partial charge in [-0.15, -0.1) is 0 Å². The average molecular weight is 303 g/mol. The van der Waals surface area contributed by atoms with Crippen molar-refractivity contribution in [2.75, 3.05) is 25.1 Å². The lowest BCUT2D eigenvalue weighted by atomic mass is 10.1. The van der Waals surface area contributed by atoms with Crippen molar-refractivity contribution < 1.29 is 9.59 Å². The van der Waals surface area contributed by atoms with Gasteiger partial charge in [0, 0.05) is 20.0 Å². The van der Waals surface area contributed by atoms with Gasteiger partial charge in [0.05, 0.1) is 18.2 Å². The summed E-state index contributed by atoms with van der Waals surface area (Å²) < 4.78 is 0. The normalized spacial score (nSPS) is 17.6. The maximum Gasteiger partial charge on any atom is 0.241 e. The predicted octanol–water partition coefficient (Wildman–Crippen LogP) is 2.19. The number of anilines is 1. The molecule has 1 saturated heterocycles. The summed E-state index contributed by atoms with van der Waals surface area (Å²) in [7, 11) is 1.86. The Bertz CT molecular complexity index is 504. The van der Waals surface area contributed by atoms with Gasteiger partial charge in [-0.1, -0.05) is 38.0 Å². The van der Waals surface area contributed by atoms with Gasteiger partial charge in [-0.05, 0) is 18.6 Å². The third-order valence-electron chi connectivity index (χ3n) is 4.04. The molecule has 0 aliphatic carbocycles. The molecule has 1 atom stereocenters. The van der Waals surface area contributed by atoms with E-state index < -0.39 is 0 Å². The molecule has 1 fully saturated rings. The first-order valence-electron chi connectivity index (χ1n) is 8.00. The van der Waals surface area contributed by atoms with Gasteiger partial charge in [0.15, 0.2) is 0 Å². The number of carbonyl (C=O) groups is 2. The predicted molar refractivity (Wildman–Crippen MR) is 87.2 cm³/mol. The van der Waals surface area contributed by atoms with Crippen LogP contribution in [0.15, 0.2) is 30.3 Å². The van der Waals surface area contributed by atoms with E-state index in [0.29, 0.717) is 13.1 Å². The molecule has 2 rings (SSSR count). The fourth-order valence-corrected chi connectivity index (χ4v) is 2.67. The van der Waals surface area contributed by atoms with Gasteiger partial charge in [0.2, 0.25) is 11.8 Å². The Labute approximate surface area is 132 Å². The van der Waals surface area contributed by atoms with Crippen LogP contribution in [0.4, 0.5) is 5.69 Å². The monoisotopic (exact) mass is 303 g/mol. The van der Waals surface area contributed by atoms with Crippen molar-refractivity contribution in [2.45, 2.75) is 32.6 Å². The number of unbranched alkanes of at least 4 members (excludes halogenated alkanes) is 2. The van der Waals surface area contributed by atoms with Crippen LogP contribution in [0.1, 0.15) is 32.6 Å². The van der Waals surface area contributed by atoms with Crippen molar-refractivity contribution in [2.24, 2.45) is 5.92 Å². The van der Waals surface area contributed by atoms with E-state index in [1.54, 1.807) is 5.01 Å². The van der Waals surface area contributed by atoms with Gasteiger partial charge in [0.1, 0.15) is 0 Å². The number of hydrazine groups is 1. The molecule has 0 spiro atoms. The van der Waals surface area contributed by atoms with Gasteiger partial charge < -0.3 is 5.32 Å². The lowest BCUT2D eigenvalue weighted by molar-refractivity contribution is -0.129. The number of para-hydroxylation sites is 1. The molecule has 1 aromatic rings. The minimum Gasteiger partial charge on any atom is -0.356 e. The van der Waals surface area contributed by atoms with Crippen molar-refractivity contribution >= 4 is 17.5 Å². The number of rotatable bonds is 7. The minimum absolute atomic E-state index is 0.0000567. The summed E-state index contributed by atoms with van der Waals surface area (Å²) in [6, 6.07) is 9.71. The number of hydrogen-bond acceptors (Lipinski definition) is 3. The molecule has 0 bridgehead atoms. The molecule has 0 radical (unpaired) electrons. The van der Waals surface area contributed by atoms with Crippen molar-refractivity contribution in [3.8, 4) is 0 Å². The van der Waals surface area contributed by atoms with Gasteiger partial charge >= 0.3 is 0 Å². The summed E-state index contributed by atoms with van der Waals surface area (Å²) in [5.74, 6) is -0.256. The zero-order chi connectivity index (χ0) is 15.9. The molecule has 2 amide bonds. The summed E-state index contributed by atoms with van der Waals surface area (Å²) in [5.41, 5.74) is 0.944. The van der Waals surface area contributed by atoms with Crippen molar-refractivity contribution in [1.29, 1.82) is 0 Å². The van der Waals surface area contributed by atoms with Gasteiger partial charge in [-0.3, -0.25) is 19.6 Å². The first-order valence-corrected chi connectivity index (χ1v) is 8.00. The number of amides is 2. The molecule has 1 N–H and O–H groups in total. The molecule has 5 nitrogen and oxygen atoms in total. The Kier molecular flexibility index (Phi) is 5.81. The lowest BCUT2D eigenvalue weighted by Gasteiger charge is -2.30. The highest BCUT2D eigenvalue weighted by Crippen LogP contribution is 2.23. The van der Waals surface area contributed by atoms with Crippen molar-refractivity contribution in [3.63, 3.8) is 0 Å². The van der Waals surface area contributed by atoms with Crippen LogP contribution >= 0.6 is 0 Å². The minimum atomic E-state index is -0.250. The average Bonchev–Trinajstić information content (AvgIpc) is 2.93. The highest BCUT2D eigenvalue weighted by atomic mass is 16.2. The van der Waals surface area contributed by atoms with Gasteiger partial charge in [-0.25, -0.2) is 0 Å². The van der Waals surface area contributed by atoms with Gasteiger partial charge in [-0.2, -0.15) is 0 Å².